The molecule has 0 aliphatic rings. The molecule has 0 radical (unpaired) electrons. The average Bonchev–Trinajstić information content (AvgIpc) is 2.11. The van der Waals surface area contributed by atoms with Gasteiger partial charge in [-0.25, -0.2) is 0 Å². The topological polar surface area (TPSA) is 55.4 Å². The molecule has 0 rings (SSSR count). The van der Waals surface area contributed by atoms with Gasteiger partial charge in [-0.3, -0.25) is 9.00 Å². The van der Waals surface area contributed by atoms with E-state index in [4.69, 9.17) is 0 Å². The zero-order valence-electron chi connectivity index (χ0n) is 8.49. The standard InChI is InChI=1S/C8H17NO3S/c1-6(13(4)11)5-9-7(2)8(10)12-3/h6-7,9H,5H2,1-4H3. The van der Waals surface area contributed by atoms with Crippen LogP contribution in [0.3, 0.4) is 0 Å². The third-order valence-electron chi connectivity index (χ3n) is 1.83. The van der Waals surface area contributed by atoms with Crippen LogP contribution in [0.15, 0.2) is 0 Å². The summed E-state index contributed by atoms with van der Waals surface area (Å²) in [6, 6.07) is -0.337. The predicted octanol–water partition coefficient (Wildman–Crippen LogP) is -0.0955. The van der Waals surface area contributed by atoms with Crippen LogP contribution in [-0.2, 0) is 20.3 Å². The molecule has 0 saturated carbocycles. The van der Waals surface area contributed by atoms with Crippen molar-refractivity contribution in [3.8, 4) is 0 Å². The summed E-state index contributed by atoms with van der Waals surface area (Å²) in [6.07, 6.45) is 1.65. The van der Waals surface area contributed by atoms with E-state index in [1.54, 1.807) is 13.2 Å². The Morgan fingerprint density at radius 3 is 2.46 bits per heavy atom. The molecule has 0 aliphatic heterocycles. The van der Waals surface area contributed by atoms with E-state index in [2.05, 4.69) is 10.1 Å². The van der Waals surface area contributed by atoms with Crippen LogP contribution in [0.4, 0.5) is 0 Å². The minimum atomic E-state index is -0.857. The van der Waals surface area contributed by atoms with Crippen LogP contribution >= 0.6 is 0 Å². The van der Waals surface area contributed by atoms with Gasteiger partial charge in [-0.1, -0.05) is 0 Å². The number of carbonyl (C=O) groups excluding carboxylic acids is 1. The number of rotatable bonds is 5. The van der Waals surface area contributed by atoms with Gasteiger partial charge in [-0.2, -0.15) is 0 Å². The number of nitrogens with one attached hydrogen (secondary N) is 1. The molecule has 0 saturated heterocycles. The van der Waals surface area contributed by atoms with E-state index in [-0.39, 0.29) is 17.3 Å². The third-order valence-corrected chi connectivity index (χ3v) is 3.13. The maximum absolute atomic E-state index is 11.0. The molecule has 0 bridgehead atoms. The van der Waals surface area contributed by atoms with Crippen molar-refractivity contribution in [3.63, 3.8) is 0 Å². The van der Waals surface area contributed by atoms with E-state index in [0.29, 0.717) is 6.54 Å². The Bertz CT molecular complexity index is 196. The zero-order chi connectivity index (χ0) is 10.4. The number of carbonyl (C=O) groups is 1. The summed E-state index contributed by atoms with van der Waals surface area (Å²) in [4.78, 5) is 10.9. The molecule has 0 heterocycles. The van der Waals surface area contributed by atoms with Crippen molar-refractivity contribution in [1.29, 1.82) is 0 Å². The molecule has 0 fully saturated rings. The molecule has 0 aromatic heterocycles. The van der Waals surface area contributed by atoms with Crippen LogP contribution in [0.1, 0.15) is 13.8 Å². The molecule has 0 aliphatic carbocycles. The molecule has 0 amide bonds. The Kier molecular flexibility index (Phi) is 5.90. The Morgan fingerprint density at radius 1 is 1.54 bits per heavy atom. The Labute approximate surface area is 81.5 Å². The highest BCUT2D eigenvalue weighted by Gasteiger charge is 2.14. The number of esters is 1. The molecule has 0 aromatic rings. The fourth-order valence-electron chi connectivity index (χ4n) is 0.720. The van der Waals surface area contributed by atoms with Gasteiger partial charge in [0.15, 0.2) is 0 Å². The predicted molar refractivity (Wildman–Crippen MR) is 53.0 cm³/mol. The smallest absolute Gasteiger partial charge is 0.322 e. The Morgan fingerprint density at radius 2 is 2.08 bits per heavy atom. The fraction of sp³-hybridized carbons (Fsp3) is 0.875. The Hall–Kier alpha value is -0.420. The maximum atomic E-state index is 11.0. The molecule has 0 spiro atoms. The van der Waals surface area contributed by atoms with Crippen LogP contribution < -0.4 is 5.32 Å². The second-order valence-corrected chi connectivity index (χ2v) is 4.76. The molecule has 4 nitrogen and oxygen atoms in total. The molecule has 13 heavy (non-hydrogen) atoms. The fourth-order valence-corrected chi connectivity index (χ4v) is 1.05. The van der Waals surface area contributed by atoms with Crippen LogP contribution in [0.5, 0.6) is 0 Å². The molecule has 78 valence electrons. The lowest BCUT2D eigenvalue weighted by Gasteiger charge is -2.14. The molecule has 3 unspecified atom stereocenters. The van der Waals surface area contributed by atoms with Crippen molar-refractivity contribution in [2.24, 2.45) is 0 Å². The van der Waals surface area contributed by atoms with Crippen molar-refractivity contribution < 1.29 is 13.7 Å². The molecular formula is C8H17NO3S. The van der Waals surface area contributed by atoms with Crippen molar-refractivity contribution in [2.75, 3.05) is 19.9 Å². The third kappa shape index (κ3) is 5.00. The van der Waals surface area contributed by atoms with Gasteiger partial charge >= 0.3 is 5.97 Å². The van der Waals surface area contributed by atoms with Crippen molar-refractivity contribution in [3.05, 3.63) is 0 Å². The van der Waals surface area contributed by atoms with Gasteiger partial charge in [0.25, 0.3) is 0 Å². The van der Waals surface area contributed by atoms with Crippen LogP contribution in [0.25, 0.3) is 0 Å². The largest absolute Gasteiger partial charge is 0.468 e. The average molecular weight is 207 g/mol. The number of methoxy groups -OCH3 is 1. The van der Waals surface area contributed by atoms with E-state index in [0.717, 1.165) is 0 Å². The highest BCUT2D eigenvalue weighted by molar-refractivity contribution is 7.84. The first-order valence-corrected chi connectivity index (χ1v) is 5.74. The maximum Gasteiger partial charge on any atom is 0.322 e. The normalized spacial score (nSPS) is 17.5. The second-order valence-electron chi connectivity index (χ2n) is 2.96. The van der Waals surface area contributed by atoms with Gasteiger partial charge in [0.1, 0.15) is 6.04 Å². The molecule has 3 atom stereocenters. The number of hydrogen-bond acceptors (Lipinski definition) is 4. The summed E-state index contributed by atoms with van der Waals surface area (Å²) in [7, 11) is 0.493. The van der Waals surface area contributed by atoms with Gasteiger partial charge in [-0.15, -0.1) is 0 Å². The highest BCUT2D eigenvalue weighted by Crippen LogP contribution is 1.92. The minimum absolute atomic E-state index is 0.0482. The van der Waals surface area contributed by atoms with E-state index in [9.17, 15) is 9.00 Å². The second kappa shape index (κ2) is 6.10. The summed E-state index contributed by atoms with van der Waals surface area (Å²) >= 11 is 0. The van der Waals surface area contributed by atoms with E-state index < -0.39 is 10.8 Å². The van der Waals surface area contributed by atoms with Crippen LogP contribution in [0.2, 0.25) is 0 Å². The van der Waals surface area contributed by atoms with Gasteiger partial charge in [0, 0.05) is 28.9 Å². The van der Waals surface area contributed by atoms with E-state index >= 15 is 0 Å². The lowest BCUT2D eigenvalue weighted by atomic mass is 10.3. The lowest BCUT2D eigenvalue weighted by molar-refractivity contribution is -0.142. The number of ether oxygens (including phenoxy) is 1. The van der Waals surface area contributed by atoms with E-state index in [1.165, 1.54) is 7.11 Å². The van der Waals surface area contributed by atoms with Gasteiger partial charge in [0.2, 0.25) is 0 Å². The highest BCUT2D eigenvalue weighted by atomic mass is 32.2. The Balaban J connectivity index is 3.76. The SMILES string of the molecule is COC(=O)C(C)NCC(C)S(C)=O. The molecule has 5 heteroatoms. The molecule has 1 N–H and O–H groups in total. The van der Waals surface area contributed by atoms with Crippen LogP contribution in [-0.4, -0.2) is 41.4 Å². The van der Waals surface area contributed by atoms with Crippen molar-refractivity contribution >= 4 is 16.8 Å². The first-order chi connectivity index (χ1) is 5.99. The van der Waals surface area contributed by atoms with E-state index in [1.807, 2.05) is 6.92 Å². The quantitative estimate of drug-likeness (QED) is 0.640. The summed E-state index contributed by atoms with van der Waals surface area (Å²) < 4.78 is 15.5. The summed E-state index contributed by atoms with van der Waals surface area (Å²) in [5.41, 5.74) is 0. The van der Waals surface area contributed by atoms with Gasteiger partial charge in [-0.05, 0) is 13.8 Å². The summed E-state index contributed by atoms with van der Waals surface area (Å²) in [5, 5.41) is 3.00. The van der Waals surface area contributed by atoms with Gasteiger partial charge < -0.3 is 10.1 Å². The molecule has 0 aromatic carbocycles. The van der Waals surface area contributed by atoms with Gasteiger partial charge in [0.05, 0.1) is 7.11 Å². The van der Waals surface area contributed by atoms with Crippen molar-refractivity contribution in [2.45, 2.75) is 25.1 Å². The zero-order valence-corrected chi connectivity index (χ0v) is 9.31. The first-order valence-electron chi connectivity index (χ1n) is 4.12. The monoisotopic (exact) mass is 207 g/mol. The summed E-state index contributed by atoms with van der Waals surface area (Å²) in [5.74, 6) is -0.297. The first kappa shape index (κ1) is 12.6. The van der Waals surface area contributed by atoms with Crippen LogP contribution in [0, 0.1) is 0 Å². The minimum Gasteiger partial charge on any atom is -0.468 e. The lowest BCUT2D eigenvalue weighted by Crippen LogP contribution is -2.39. The summed E-state index contributed by atoms with van der Waals surface area (Å²) in [6.45, 7) is 4.14. The molecular weight excluding hydrogens is 190 g/mol. The number of hydrogen-bond donors (Lipinski definition) is 1. The van der Waals surface area contributed by atoms with Crippen molar-refractivity contribution in [1.82, 2.24) is 5.32 Å².